The lowest BCUT2D eigenvalue weighted by atomic mass is 10.3. The van der Waals surface area contributed by atoms with E-state index in [2.05, 4.69) is 5.10 Å². The zero-order valence-corrected chi connectivity index (χ0v) is 15.2. The van der Waals surface area contributed by atoms with Crippen molar-refractivity contribution in [3.63, 3.8) is 0 Å². The number of alkyl halides is 3. The number of hydrogen-bond donors (Lipinski definition) is 0. The zero-order valence-electron chi connectivity index (χ0n) is 13.6. The van der Waals surface area contributed by atoms with Crippen LogP contribution in [0.25, 0.3) is 0 Å². The molecule has 0 atom stereocenters. The van der Waals surface area contributed by atoms with Crippen molar-refractivity contribution in [2.75, 3.05) is 26.2 Å². The van der Waals surface area contributed by atoms with E-state index in [1.807, 2.05) is 0 Å². The van der Waals surface area contributed by atoms with Gasteiger partial charge in [0.05, 0.1) is 0 Å². The van der Waals surface area contributed by atoms with E-state index >= 15 is 0 Å². The minimum Gasteiger partial charge on any atom is -0.335 e. The fourth-order valence-corrected chi connectivity index (χ4v) is 5.23. The summed E-state index contributed by atoms with van der Waals surface area (Å²) in [7, 11) is -2.49. The molecule has 0 aliphatic carbocycles. The van der Waals surface area contributed by atoms with Gasteiger partial charge in [-0.15, -0.1) is 11.3 Å². The molecular weight excluding hydrogens is 393 g/mol. The number of aryl methyl sites for hydroxylation is 1. The average molecular weight is 408 g/mol. The van der Waals surface area contributed by atoms with E-state index in [4.69, 9.17) is 0 Å². The van der Waals surface area contributed by atoms with Gasteiger partial charge in [0.15, 0.2) is 5.69 Å². The molecular formula is C14H15F3N4O3S2. The lowest BCUT2D eigenvalue weighted by Gasteiger charge is -2.33. The van der Waals surface area contributed by atoms with Gasteiger partial charge in [-0.05, 0) is 11.4 Å². The maximum absolute atomic E-state index is 12.8. The molecule has 0 unspecified atom stereocenters. The molecule has 142 valence electrons. The van der Waals surface area contributed by atoms with Crippen molar-refractivity contribution >= 4 is 27.3 Å². The van der Waals surface area contributed by atoms with E-state index in [1.54, 1.807) is 11.4 Å². The molecule has 3 heterocycles. The van der Waals surface area contributed by atoms with Crippen LogP contribution in [0.3, 0.4) is 0 Å². The van der Waals surface area contributed by atoms with Crippen LogP contribution in [0.2, 0.25) is 0 Å². The number of rotatable bonds is 3. The van der Waals surface area contributed by atoms with Crippen LogP contribution >= 0.6 is 11.3 Å². The minimum atomic E-state index is -4.60. The third-order valence-corrected chi connectivity index (χ3v) is 7.28. The summed E-state index contributed by atoms with van der Waals surface area (Å²) in [5, 5.41) is 5.29. The Morgan fingerprint density at radius 1 is 1.23 bits per heavy atom. The predicted octanol–water partition coefficient (Wildman–Crippen LogP) is 1.65. The number of thiophene rings is 1. The Labute approximate surface area is 151 Å². The highest BCUT2D eigenvalue weighted by Crippen LogP contribution is 2.29. The molecule has 0 aromatic carbocycles. The summed E-state index contributed by atoms with van der Waals surface area (Å²) in [6, 6.07) is 3.85. The Hall–Kier alpha value is -1.92. The molecule has 12 heteroatoms. The Kier molecular flexibility index (Phi) is 4.84. The number of piperazine rings is 1. The maximum Gasteiger partial charge on any atom is 0.433 e. The van der Waals surface area contributed by atoms with Crippen LogP contribution in [0.15, 0.2) is 27.8 Å². The van der Waals surface area contributed by atoms with Gasteiger partial charge in [0.1, 0.15) is 9.90 Å². The van der Waals surface area contributed by atoms with Gasteiger partial charge in [0, 0.05) is 39.3 Å². The van der Waals surface area contributed by atoms with E-state index in [1.165, 1.54) is 15.3 Å². The number of sulfonamides is 1. The van der Waals surface area contributed by atoms with Crippen molar-refractivity contribution in [3.05, 3.63) is 35.0 Å². The van der Waals surface area contributed by atoms with Crippen LogP contribution in [0.5, 0.6) is 0 Å². The van der Waals surface area contributed by atoms with Gasteiger partial charge < -0.3 is 4.90 Å². The SMILES string of the molecule is Cn1nc(C(=O)N2CCN(S(=O)(=O)c3cccs3)CC2)cc1C(F)(F)F. The van der Waals surface area contributed by atoms with E-state index < -0.39 is 27.8 Å². The zero-order chi connectivity index (χ0) is 19.1. The van der Waals surface area contributed by atoms with Crippen molar-refractivity contribution in [1.29, 1.82) is 0 Å². The summed E-state index contributed by atoms with van der Waals surface area (Å²) >= 11 is 1.10. The molecule has 7 nitrogen and oxygen atoms in total. The molecule has 2 aromatic rings. The first-order chi connectivity index (χ1) is 12.1. The van der Waals surface area contributed by atoms with Crippen LogP contribution in [0.4, 0.5) is 13.2 Å². The number of carbonyl (C=O) groups is 1. The second-order valence-corrected chi connectivity index (χ2v) is 8.78. The Bertz CT molecular complexity index is 899. The average Bonchev–Trinajstić information content (AvgIpc) is 3.23. The van der Waals surface area contributed by atoms with Gasteiger partial charge in [0.25, 0.3) is 15.9 Å². The van der Waals surface area contributed by atoms with Crippen LogP contribution in [0, 0.1) is 0 Å². The molecule has 1 saturated heterocycles. The van der Waals surface area contributed by atoms with E-state index in [0.717, 1.165) is 18.4 Å². The lowest BCUT2D eigenvalue weighted by Crippen LogP contribution is -2.50. The van der Waals surface area contributed by atoms with Gasteiger partial charge in [0.2, 0.25) is 0 Å². The lowest BCUT2D eigenvalue weighted by molar-refractivity contribution is -0.143. The molecule has 0 N–H and O–H groups in total. The Morgan fingerprint density at radius 2 is 1.88 bits per heavy atom. The molecule has 0 spiro atoms. The molecule has 0 bridgehead atoms. The largest absolute Gasteiger partial charge is 0.433 e. The summed E-state index contributed by atoms with van der Waals surface area (Å²) in [5.41, 5.74) is -1.32. The predicted molar refractivity (Wildman–Crippen MR) is 87.2 cm³/mol. The van der Waals surface area contributed by atoms with Crippen LogP contribution in [-0.4, -0.2) is 59.5 Å². The van der Waals surface area contributed by atoms with Crippen LogP contribution in [0.1, 0.15) is 16.2 Å². The first kappa shape index (κ1) is 18.9. The van der Waals surface area contributed by atoms with Gasteiger partial charge >= 0.3 is 6.18 Å². The molecule has 2 aromatic heterocycles. The second-order valence-electron chi connectivity index (χ2n) is 5.66. The summed E-state index contributed by atoms with van der Waals surface area (Å²) in [5.74, 6) is -0.649. The van der Waals surface area contributed by atoms with Gasteiger partial charge in [-0.2, -0.15) is 22.6 Å². The minimum absolute atomic E-state index is 0.0743. The fraction of sp³-hybridized carbons (Fsp3) is 0.429. The number of carbonyl (C=O) groups excluding carboxylic acids is 1. The third kappa shape index (κ3) is 3.48. The van der Waals surface area contributed by atoms with Crippen LogP contribution < -0.4 is 0 Å². The smallest absolute Gasteiger partial charge is 0.335 e. The first-order valence-electron chi connectivity index (χ1n) is 7.55. The molecule has 1 aliphatic heterocycles. The molecule has 1 aliphatic rings. The monoisotopic (exact) mass is 408 g/mol. The quantitative estimate of drug-likeness (QED) is 0.774. The van der Waals surface area contributed by atoms with Crippen molar-refractivity contribution in [1.82, 2.24) is 19.0 Å². The third-order valence-electron chi connectivity index (χ3n) is 4.00. The molecule has 0 radical (unpaired) electrons. The number of amides is 1. The summed E-state index contributed by atoms with van der Waals surface area (Å²) in [6.45, 7) is 0.318. The summed E-state index contributed by atoms with van der Waals surface area (Å²) in [6.07, 6.45) is -4.60. The normalized spacial score (nSPS) is 16.8. The number of hydrogen-bond acceptors (Lipinski definition) is 5. The highest BCUT2D eigenvalue weighted by atomic mass is 32.2. The maximum atomic E-state index is 12.8. The van der Waals surface area contributed by atoms with E-state index in [-0.39, 0.29) is 36.1 Å². The molecule has 26 heavy (non-hydrogen) atoms. The number of nitrogens with zero attached hydrogens (tertiary/aromatic N) is 4. The van der Waals surface area contributed by atoms with Gasteiger partial charge in [-0.1, -0.05) is 6.07 Å². The summed E-state index contributed by atoms with van der Waals surface area (Å²) < 4.78 is 65.5. The highest BCUT2D eigenvalue weighted by molar-refractivity contribution is 7.91. The van der Waals surface area contributed by atoms with Crippen molar-refractivity contribution < 1.29 is 26.4 Å². The van der Waals surface area contributed by atoms with E-state index in [0.29, 0.717) is 10.7 Å². The van der Waals surface area contributed by atoms with E-state index in [9.17, 15) is 26.4 Å². The standard InChI is InChI=1S/C14H15F3N4O3S2/c1-19-11(14(15,16)17)9-10(18-19)13(22)20-4-6-21(7-5-20)26(23,24)12-3-2-8-25-12/h2-3,8-9H,4-7H2,1H3. The highest BCUT2D eigenvalue weighted by Gasteiger charge is 2.37. The molecule has 0 saturated carbocycles. The second kappa shape index (κ2) is 6.67. The van der Waals surface area contributed by atoms with Gasteiger partial charge in [-0.3, -0.25) is 9.48 Å². The van der Waals surface area contributed by atoms with Gasteiger partial charge in [-0.25, -0.2) is 8.42 Å². The molecule has 1 amide bonds. The molecule has 3 rings (SSSR count). The van der Waals surface area contributed by atoms with Crippen molar-refractivity contribution in [2.45, 2.75) is 10.4 Å². The number of halogens is 3. The van der Waals surface area contributed by atoms with Crippen molar-refractivity contribution in [2.24, 2.45) is 7.05 Å². The fourth-order valence-electron chi connectivity index (χ4n) is 2.67. The molecule has 1 fully saturated rings. The Balaban J connectivity index is 1.70. The topological polar surface area (TPSA) is 75.5 Å². The Morgan fingerprint density at radius 3 is 2.38 bits per heavy atom. The number of aromatic nitrogens is 2. The van der Waals surface area contributed by atoms with Crippen LogP contribution in [-0.2, 0) is 23.2 Å². The van der Waals surface area contributed by atoms with Crippen molar-refractivity contribution in [3.8, 4) is 0 Å². The summed E-state index contributed by atoms with van der Waals surface area (Å²) in [4.78, 5) is 13.7. The first-order valence-corrected chi connectivity index (χ1v) is 9.87.